The Morgan fingerprint density at radius 3 is 2.11 bits per heavy atom. The van der Waals surface area contributed by atoms with Gasteiger partial charge in [0.1, 0.15) is 0 Å². The van der Waals surface area contributed by atoms with E-state index in [4.69, 9.17) is 0 Å². The van der Waals surface area contributed by atoms with E-state index in [1.807, 2.05) is 0 Å². The number of hydrogen-bond acceptors (Lipinski definition) is 1. The highest BCUT2D eigenvalue weighted by Gasteiger charge is 2.30. The number of hydrogen-bond donors (Lipinski definition) is 0. The Morgan fingerprint density at radius 2 is 1.68 bits per heavy atom. The number of halogens is 3. The summed E-state index contributed by atoms with van der Waals surface area (Å²) in [6.45, 7) is 3.56. The molecule has 100 valence electrons. The number of alkyl halides is 3. The Labute approximate surface area is 108 Å². The summed E-state index contributed by atoms with van der Waals surface area (Å²) in [5.74, 6) is 0. The number of nitrogens with zero attached hydrogens (tertiary/aromatic N) is 1. The first-order chi connectivity index (χ1) is 8.84. The number of carbonyl (C=O) groups is 1. The maximum absolute atomic E-state index is 12.5. The second-order valence-corrected chi connectivity index (χ2v) is 4.32. The summed E-state index contributed by atoms with van der Waals surface area (Å²) >= 11 is 0. The van der Waals surface area contributed by atoms with E-state index in [0.717, 1.165) is 24.1 Å². The summed E-state index contributed by atoms with van der Waals surface area (Å²) in [4.78, 5) is 10.8. The van der Waals surface area contributed by atoms with E-state index < -0.39 is 11.7 Å². The van der Waals surface area contributed by atoms with E-state index in [1.165, 1.54) is 12.1 Å². The highest BCUT2D eigenvalue weighted by molar-refractivity contribution is 5.77. The number of benzene rings is 1. The van der Waals surface area contributed by atoms with Crippen LogP contribution >= 0.6 is 0 Å². The molecule has 0 unspecified atom stereocenters. The van der Waals surface area contributed by atoms with Gasteiger partial charge in [-0.05, 0) is 44.2 Å². The minimum absolute atomic E-state index is 0.539. The van der Waals surface area contributed by atoms with Crippen molar-refractivity contribution in [2.75, 3.05) is 0 Å². The van der Waals surface area contributed by atoms with Crippen LogP contribution in [0.25, 0.3) is 5.69 Å². The topological polar surface area (TPSA) is 22.0 Å². The minimum Gasteiger partial charge on any atom is -0.318 e. The maximum atomic E-state index is 12.5. The predicted octanol–water partition coefficient (Wildman–Crippen LogP) is 3.93. The molecule has 0 saturated carbocycles. The molecule has 1 heterocycles. The van der Waals surface area contributed by atoms with Gasteiger partial charge in [0, 0.05) is 22.6 Å². The zero-order valence-corrected chi connectivity index (χ0v) is 10.5. The highest BCUT2D eigenvalue weighted by atomic mass is 19.4. The fourth-order valence-electron chi connectivity index (χ4n) is 2.10. The van der Waals surface area contributed by atoms with E-state index in [2.05, 4.69) is 0 Å². The van der Waals surface area contributed by atoms with Gasteiger partial charge in [0.25, 0.3) is 0 Å². The van der Waals surface area contributed by atoms with Crippen LogP contribution in [0.2, 0.25) is 0 Å². The molecule has 19 heavy (non-hydrogen) atoms. The van der Waals surface area contributed by atoms with Crippen molar-refractivity contribution >= 4 is 6.29 Å². The Kier molecular flexibility index (Phi) is 3.22. The largest absolute Gasteiger partial charge is 0.416 e. The molecule has 0 aliphatic rings. The van der Waals surface area contributed by atoms with Crippen molar-refractivity contribution in [3.63, 3.8) is 0 Å². The van der Waals surface area contributed by atoms with Crippen LogP contribution in [-0.4, -0.2) is 10.9 Å². The minimum atomic E-state index is -4.34. The first-order valence-electron chi connectivity index (χ1n) is 5.66. The zero-order chi connectivity index (χ0) is 14.2. The molecule has 0 amide bonds. The lowest BCUT2D eigenvalue weighted by atomic mass is 10.2. The van der Waals surface area contributed by atoms with E-state index in [9.17, 15) is 18.0 Å². The van der Waals surface area contributed by atoms with Gasteiger partial charge >= 0.3 is 6.18 Å². The van der Waals surface area contributed by atoms with Crippen molar-refractivity contribution in [1.82, 2.24) is 4.57 Å². The molecule has 1 aromatic carbocycles. The van der Waals surface area contributed by atoms with E-state index in [-0.39, 0.29) is 0 Å². The Morgan fingerprint density at radius 1 is 1.11 bits per heavy atom. The fraction of sp³-hybridized carbons (Fsp3) is 0.214. The molecule has 0 bridgehead atoms. The molecule has 2 rings (SSSR count). The first kappa shape index (κ1) is 13.4. The van der Waals surface area contributed by atoms with Gasteiger partial charge in [-0.2, -0.15) is 13.2 Å². The van der Waals surface area contributed by atoms with Crippen LogP contribution in [0.1, 0.15) is 27.3 Å². The average Bonchev–Trinajstić information content (AvgIpc) is 2.63. The molecule has 0 aliphatic heterocycles. The molecule has 0 radical (unpaired) electrons. The van der Waals surface area contributed by atoms with Gasteiger partial charge in [-0.25, -0.2) is 0 Å². The molecule has 0 atom stereocenters. The third-order valence-corrected chi connectivity index (χ3v) is 3.05. The first-order valence-corrected chi connectivity index (χ1v) is 5.66. The van der Waals surface area contributed by atoms with Gasteiger partial charge in [-0.1, -0.05) is 0 Å². The Hall–Kier alpha value is -2.04. The lowest BCUT2D eigenvalue weighted by Crippen LogP contribution is -2.06. The van der Waals surface area contributed by atoms with Gasteiger partial charge < -0.3 is 4.57 Å². The van der Waals surface area contributed by atoms with Gasteiger partial charge in [0.05, 0.1) is 5.56 Å². The number of carbonyl (C=O) groups excluding carboxylic acids is 1. The highest BCUT2D eigenvalue weighted by Crippen LogP contribution is 2.30. The summed E-state index contributed by atoms with van der Waals surface area (Å²) in [6, 6.07) is 6.58. The van der Waals surface area contributed by atoms with Crippen LogP contribution in [-0.2, 0) is 6.18 Å². The predicted molar refractivity (Wildman–Crippen MR) is 65.6 cm³/mol. The van der Waals surface area contributed by atoms with Crippen molar-refractivity contribution in [3.05, 3.63) is 52.8 Å². The van der Waals surface area contributed by atoms with Crippen LogP contribution in [0.5, 0.6) is 0 Å². The maximum Gasteiger partial charge on any atom is 0.416 e. The number of aldehydes is 1. The lowest BCUT2D eigenvalue weighted by Gasteiger charge is -2.11. The molecule has 1 aromatic heterocycles. The summed E-state index contributed by atoms with van der Waals surface area (Å²) < 4.78 is 39.2. The van der Waals surface area contributed by atoms with Crippen molar-refractivity contribution < 1.29 is 18.0 Å². The molecular formula is C14H12F3NO. The molecule has 0 fully saturated rings. The van der Waals surface area contributed by atoms with Crippen LogP contribution in [0.3, 0.4) is 0 Å². The van der Waals surface area contributed by atoms with Crippen molar-refractivity contribution in [2.24, 2.45) is 0 Å². The van der Waals surface area contributed by atoms with Crippen LogP contribution in [0, 0.1) is 13.8 Å². The smallest absolute Gasteiger partial charge is 0.318 e. The Balaban J connectivity index is 2.49. The SMILES string of the molecule is Cc1cc(C=O)c(C)n1-c1ccc(C(F)(F)F)cc1. The third-order valence-electron chi connectivity index (χ3n) is 3.05. The summed E-state index contributed by atoms with van der Waals surface area (Å²) in [6.07, 6.45) is -3.60. The monoisotopic (exact) mass is 267 g/mol. The van der Waals surface area contributed by atoms with Crippen LogP contribution in [0.15, 0.2) is 30.3 Å². The number of rotatable bonds is 2. The van der Waals surface area contributed by atoms with Crippen LogP contribution in [0.4, 0.5) is 13.2 Å². The molecule has 2 aromatic rings. The van der Waals surface area contributed by atoms with Crippen molar-refractivity contribution in [1.29, 1.82) is 0 Å². The number of aromatic nitrogens is 1. The summed E-state index contributed by atoms with van der Waals surface area (Å²) in [5, 5.41) is 0. The third kappa shape index (κ3) is 2.41. The normalized spacial score (nSPS) is 11.6. The van der Waals surface area contributed by atoms with E-state index in [0.29, 0.717) is 16.9 Å². The van der Waals surface area contributed by atoms with E-state index >= 15 is 0 Å². The molecule has 0 spiro atoms. The molecule has 2 nitrogen and oxygen atoms in total. The molecule has 0 aliphatic carbocycles. The molecule has 5 heteroatoms. The van der Waals surface area contributed by atoms with Crippen LogP contribution < -0.4 is 0 Å². The van der Waals surface area contributed by atoms with Crippen molar-refractivity contribution in [3.8, 4) is 5.69 Å². The second-order valence-electron chi connectivity index (χ2n) is 4.32. The lowest BCUT2D eigenvalue weighted by molar-refractivity contribution is -0.137. The average molecular weight is 267 g/mol. The van der Waals surface area contributed by atoms with Crippen molar-refractivity contribution in [2.45, 2.75) is 20.0 Å². The quantitative estimate of drug-likeness (QED) is 0.756. The summed E-state index contributed by atoms with van der Waals surface area (Å²) in [5.41, 5.74) is 1.98. The van der Waals surface area contributed by atoms with Gasteiger partial charge in [0.2, 0.25) is 0 Å². The standard InChI is InChI=1S/C14H12F3NO/c1-9-7-11(8-19)10(2)18(9)13-5-3-12(4-6-13)14(15,16)17/h3-8H,1-2H3. The van der Waals surface area contributed by atoms with Gasteiger partial charge in [0.15, 0.2) is 6.29 Å². The molecular weight excluding hydrogens is 255 g/mol. The summed E-state index contributed by atoms with van der Waals surface area (Å²) in [7, 11) is 0. The fourth-order valence-corrected chi connectivity index (χ4v) is 2.10. The Bertz CT molecular complexity index is 609. The molecule has 0 saturated heterocycles. The zero-order valence-electron chi connectivity index (χ0n) is 10.5. The second kappa shape index (κ2) is 4.57. The van der Waals surface area contributed by atoms with Gasteiger partial charge in [-0.15, -0.1) is 0 Å². The van der Waals surface area contributed by atoms with E-state index in [1.54, 1.807) is 24.5 Å². The molecule has 0 N–H and O–H groups in total. The number of aryl methyl sites for hydroxylation is 1. The van der Waals surface area contributed by atoms with Gasteiger partial charge in [-0.3, -0.25) is 4.79 Å².